The quantitative estimate of drug-likeness (QED) is 0.849. The number of aromatic nitrogens is 1. The lowest BCUT2D eigenvalue weighted by Gasteiger charge is -2.28. The predicted molar refractivity (Wildman–Crippen MR) is 72.4 cm³/mol. The molecule has 1 unspecified atom stereocenters. The summed E-state index contributed by atoms with van der Waals surface area (Å²) in [6.45, 7) is 2.86. The molecule has 1 aromatic rings. The molecule has 5 heteroatoms. The summed E-state index contributed by atoms with van der Waals surface area (Å²) in [6.07, 6.45) is 3.57. The van der Waals surface area contributed by atoms with Gasteiger partial charge in [-0.1, -0.05) is 0 Å². The molecule has 0 aliphatic carbocycles. The topological polar surface area (TPSA) is 62.5 Å². The highest BCUT2D eigenvalue weighted by molar-refractivity contribution is 5.85. The lowest BCUT2D eigenvalue weighted by molar-refractivity contribution is -0.129. The molecule has 1 atom stereocenters. The third-order valence-electron chi connectivity index (χ3n) is 3.32. The monoisotopic (exact) mass is 248 g/mol. The van der Waals surface area contributed by atoms with E-state index in [4.69, 9.17) is 5.73 Å². The fourth-order valence-electron chi connectivity index (χ4n) is 2.46. The van der Waals surface area contributed by atoms with Crippen LogP contribution in [0.2, 0.25) is 0 Å². The smallest absolute Gasteiger partial charge is 0.244 e. The normalized spacial score (nSPS) is 19.1. The zero-order valence-corrected chi connectivity index (χ0v) is 11.2. The summed E-state index contributed by atoms with van der Waals surface area (Å²) in [5.74, 6) is 1.02. The molecular weight excluding hydrogens is 228 g/mol. The number of hydrogen-bond donors (Lipinski definition) is 1. The first-order valence-corrected chi connectivity index (χ1v) is 6.20. The molecule has 1 fully saturated rings. The highest BCUT2D eigenvalue weighted by Crippen LogP contribution is 2.28. The van der Waals surface area contributed by atoms with E-state index in [2.05, 4.69) is 9.88 Å². The molecule has 0 spiro atoms. The zero-order valence-electron chi connectivity index (χ0n) is 11.2. The van der Waals surface area contributed by atoms with Gasteiger partial charge in [0.2, 0.25) is 5.91 Å². The van der Waals surface area contributed by atoms with Crippen LogP contribution in [0.5, 0.6) is 0 Å². The van der Waals surface area contributed by atoms with Gasteiger partial charge in [0.1, 0.15) is 11.9 Å². The van der Waals surface area contributed by atoms with Gasteiger partial charge in [0.15, 0.2) is 0 Å². The van der Waals surface area contributed by atoms with E-state index >= 15 is 0 Å². The number of anilines is 2. The van der Waals surface area contributed by atoms with Crippen molar-refractivity contribution >= 4 is 17.4 Å². The van der Waals surface area contributed by atoms with Gasteiger partial charge in [-0.05, 0) is 31.4 Å². The maximum atomic E-state index is 12.1. The average molecular weight is 248 g/mol. The molecule has 5 nitrogen and oxygen atoms in total. The molecule has 98 valence electrons. The maximum absolute atomic E-state index is 12.1. The van der Waals surface area contributed by atoms with Crippen molar-refractivity contribution in [2.75, 3.05) is 31.3 Å². The van der Waals surface area contributed by atoms with E-state index in [1.807, 2.05) is 13.0 Å². The zero-order chi connectivity index (χ0) is 13.3. The van der Waals surface area contributed by atoms with Crippen molar-refractivity contribution < 1.29 is 4.79 Å². The van der Waals surface area contributed by atoms with Gasteiger partial charge in [-0.15, -0.1) is 0 Å². The van der Waals surface area contributed by atoms with Gasteiger partial charge < -0.3 is 15.5 Å². The van der Waals surface area contributed by atoms with E-state index in [1.165, 1.54) is 0 Å². The predicted octanol–water partition coefficient (Wildman–Crippen LogP) is 1.03. The van der Waals surface area contributed by atoms with Crippen LogP contribution in [-0.4, -0.2) is 42.5 Å². The number of nitrogens with two attached hydrogens (primary N) is 1. The van der Waals surface area contributed by atoms with Crippen LogP contribution in [0.15, 0.2) is 12.3 Å². The van der Waals surface area contributed by atoms with Gasteiger partial charge in [-0.3, -0.25) is 4.79 Å². The minimum atomic E-state index is -0.0881. The molecule has 1 aromatic heterocycles. The minimum Gasteiger partial charge on any atom is -0.397 e. The Bertz CT molecular complexity index is 458. The Morgan fingerprint density at radius 1 is 1.56 bits per heavy atom. The molecule has 2 rings (SSSR count). The van der Waals surface area contributed by atoms with E-state index < -0.39 is 0 Å². The Balaban J connectivity index is 2.29. The summed E-state index contributed by atoms with van der Waals surface area (Å²) >= 11 is 0. The maximum Gasteiger partial charge on any atom is 0.244 e. The Morgan fingerprint density at radius 3 is 2.89 bits per heavy atom. The fourth-order valence-corrected chi connectivity index (χ4v) is 2.46. The molecule has 0 bridgehead atoms. The molecule has 2 heterocycles. The van der Waals surface area contributed by atoms with Crippen LogP contribution >= 0.6 is 0 Å². The van der Waals surface area contributed by atoms with E-state index in [0.717, 1.165) is 30.8 Å². The Hall–Kier alpha value is -1.78. The fraction of sp³-hybridized carbons (Fsp3) is 0.538. The molecule has 1 saturated heterocycles. The van der Waals surface area contributed by atoms with Gasteiger partial charge in [0.25, 0.3) is 0 Å². The van der Waals surface area contributed by atoms with Gasteiger partial charge in [-0.25, -0.2) is 4.98 Å². The minimum absolute atomic E-state index is 0.0881. The standard InChI is InChI=1S/C13H20N4O/c1-9-7-10(14)8-15-12(9)17-6-4-5-11(17)13(18)16(2)3/h7-8,11H,4-6,14H2,1-3H3. The highest BCUT2D eigenvalue weighted by atomic mass is 16.2. The molecule has 1 amide bonds. The Labute approximate surface area is 108 Å². The van der Waals surface area contributed by atoms with Crippen molar-refractivity contribution in [3.05, 3.63) is 17.8 Å². The van der Waals surface area contributed by atoms with Crippen LogP contribution < -0.4 is 10.6 Å². The first kappa shape index (κ1) is 12.7. The Kier molecular flexibility index (Phi) is 3.41. The summed E-state index contributed by atoms with van der Waals surface area (Å²) in [4.78, 5) is 20.3. The second-order valence-electron chi connectivity index (χ2n) is 4.99. The molecule has 1 aliphatic rings. The summed E-state index contributed by atoms with van der Waals surface area (Å²) in [7, 11) is 3.59. The third-order valence-corrected chi connectivity index (χ3v) is 3.32. The van der Waals surface area contributed by atoms with Gasteiger partial charge >= 0.3 is 0 Å². The second-order valence-corrected chi connectivity index (χ2v) is 4.99. The van der Waals surface area contributed by atoms with Gasteiger partial charge in [-0.2, -0.15) is 0 Å². The largest absolute Gasteiger partial charge is 0.397 e. The van der Waals surface area contributed by atoms with Crippen molar-refractivity contribution in [3.63, 3.8) is 0 Å². The summed E-state index contributed by atoms with van der Waals surface area (Å²) in [5.41, 5.74) is 7.39. The number of rotatable bonds is 2. The van der Waals surface area contributed by atoms with Gasteiger partial charge in [0, 0.05) is 20.6 Å². The molecule has 0 radical (unpaired) electrons. The first-order chi connectivity index (χ1) is 8.50. The highest BCUT2D eigenvalue weighted by Gasteiger charge is 2.33. The molecular formula is C13H20N4O. The first-order valence-electron chi connectivity index (χ1n) is 6.20. The van der Waals surface area contributed by atoms with Crippen LogP contribution in [0.4, 0.5) is 11.5 Å². The lowest BCUT2D eigenvalue weighted by atomic mass is 10.2. The summed E-state index contributed by atoms with van der Waals surface area (Å²) < 4.78 is 0. The van der Waals surface area contributed by atoms with Crippen molar-refractivity contribution in [2.24, 2.45) is 0 Å². The molecule has 18 heavy (non-hydrogen) atoms. The lowest BCUT2D eigenvalue weighted by Crippen LogP contribution is -2.43. The number of amides is 1. The number of hydrogen-bond acceptors (Lipinski definition) is 4. The van der Waals surface area contributed by atoms with E-state index in [-0.39, 0.29) is 11.9 Å². The number of aryl methyl sites for hydroxylation is 1. The van der Waals surface area contributed by atoms with Crippen molar-refractivity contribution in [1.29, 1.82) is 0 Å². The number of carbonyl (C=O) groups is 1. The van der Waals surface area contributed by atoms with Crippen molar-refractivity contribution in [2.45, 2.75) is 25.8 Å². The number of pyridine rings is 1. The number of nitrogens with zero attached hydrogens (tertiary/aromatic N) is 3. The van der Waals surface area contributed by atoms with E-state index in [1.54, 1.807) is 25.2 Å². The Morgan fingerprint density at radius 2 is 2.28 bits per heavy atom. The third kappa shape index (κ3) is 2.25. The van der Waals surface area contributed by atoms with E-state index in [0.29, 0.717) is 5.69 Å². The van der Waals surface area contributed by atoms with Crippen molar-refractivity contribution in [1.82, 2.24) is 9.88 Å². The van der Waals surface area contributed by atoms with Gasteiger partial charge in [0.05, 0.1) is 11.9 Å². The van der Waals surface area contributed by atoms with Crippen LogP contribution in [-0.2, 0) is 4.79 Å². The number of carbonyl (C=O) groups excluding carboxylic acids is 1. The summed E-state index contributed by atoms with van der Waals surface area (Å²) in [5, 5.41) is 0. The van der Waals surface area contributed by atoms with Crippen molar-refractivity contribution in [3.8, 4) is 0 Å². The van der Waals surface area contributed by atoms with Crippen LogP contribution in [0.25, 0.3) is 0 Å². The van der Waals surface area contributed by atoms with Crippen LogP contribution in [0, 0.1) is 6.92 Å². The average Bonchev–Trinajstić information content (AvgIpc) is 2.76. The molecule has 1 aliphatic heterocycles. The SMILES string of the molecule is Cc1cc(N)cnc1N1CCCC1C(=O)N(C)C. The number of likely N-dealkylation sites (N-methyl/N-ethyl adjacent to an activating group) is 1. The molecule has 2 N–H and O–H groups in total. The molecule has 0 saturated carbocycles. The molecule has 0 aromatic carbocycles. The van der Waals surface area contributed by atoms with E-state index in [9.17, 15) is 4.79 Å². The summed E-state index contributed by atoms with van der Waals surface area (Å²) in [6, 6.07) is 1.81. The van der Waals surface area contributed by atoms with Crippen LogP contribution in [0.3, 0.4) is 0 Å². The van der Waals surface area contributed by atoms with Crippen LogP contribution in [0.1, 0.15) is 18.4 Å². The second kappa shape index (κ2) is 4.84. The number of nitrogen functional groups attached to an aromatic ring is 1.